The van der Waals surface area contributed by atoms with Gasteiger partial charge in [0.1, 0.15) is 5.82 Å². The predicted molar refractivity (Wildman–Crippen MR) is 55.4 cm³/mol. The number of benzene rings is 1. The van der Waals surface area contributed by atoms with Gasteiger partial charge in [0.05, 0.1) is 0 Å². The van der Waals surface area contributed by atoms with Gasteiger partial charge in [0.15, 0.2) is 0 Å². The molecule has 1 saturated carbocycles. The van der Waals surface area contributed by atoms with Crippen LogP contribution in [-0.2, 0) is 0 Å². The first-order valence-electron chi connectivity index (χ1n) is 5.04. The molecule has 1 aromatic carbocycles. The number of halogens is 1. The van der Waals surface area contributed by atoms with E-state index in [9.17, 15) is 4.39 Å². The molecule has 2 N–H and O–H groups in total. The second-order valence-electron chi connectivity index (χ2n) is 4.64. The maximum atomic E-state index is 13.3. The summed E-state index contributed by atoms with van der Waals surface area (Å²) in [5.74, 6) is -0.151. The van der Waals surface area contributed by atoms with Gasteiger partial charge in [-0.25, -0.2) is 4.39 Å². The van der Waals surface area contributed by atoms with E-state index in [1.54, 1.807) is 19.1 Å². The van der Waals surface area contributed by atoms with Gasteiger partial charge in [-0.2, -0.15) is 0 Å². The first-order chi connectivity index (χ1) is 6.53. The van der Waals surface area contributed by atoms with Crippen LogP contribution in [0.25, 0.3) is 0 Å². The summed E-state index contributed by atoms with van der Waals surface area (Å²) < 4.78 is 13.3. The summed E-state index contributed by atoms with van der Waals surface area (Å²) in [6.07, 6.45) is 2.31. The van der Waals surface area contributed by atoms with E-state index < -0.39 is 0 Å². The van der Waals surface area contributed by atoms with Crippen LogP contribution in [0.15, 0.2) is 18.2 Å². The van der Waals surface area contributed by atoms with Crippen LogP contribution in [-0.4, -0.2) is 0 Å². The van der Waals surface area contributed by atoms with Gasteiger partial charge in [-0.15, -0.1) is 0 Å². The maximum Gasteiger partial charge on any atom is 0.126 e. The summed E-state index contributed by atoms with van der Waals surface area (Å²) in [6, 6.07) is 5.30. The first kappa shape index (κ1) is 9.66. The summed E-state index contributed by atoms with van der Waals surface area (Å²) in [5.41, 5.74) is 7.90. The van der Waals surface area contributed by atoms with Crippen molar-refractivity contribution in [2.75, 3.05) is 0 Å². The minimum Gasteiger partial charge on any atom is -0.323 e. The van der Waals surface area contributed by atoms with Crippen molar-refractivity contribution in [1.29, 1.82) is 0 Å². The Balaban J connectivity index is 2.28. The fraction of sp³-hybridized carbons (Fsp3) is 0.500. The van der Waals surface area contributed by atoms with Crippen LogP contribution in [0, 0.1) is 18.2 Å². The van der Waals surface area contributed by atoms with Crippen LogP contribution in [0.3, 0.4) is 0 Å². The number of hydrogen-bond acceptors (Lipinski definition) is 1. The lowest BCUT2D eigenvalue weighted by Crippen LogP contribution is -2.20. The molecule has 0 unspecified atom stereocenters. The molecule has 1 aliphatic carbocycles. The molecule has 0 aromatic heterocycles. The van der Waals surface area contributed by atoms with Gasteiger partial charge in [-0.05, 0) is 42.4 Å². The summed E-state index contributed by atoms with van der Waals surface area (Å²) in [7, 11) is 0. The molecule has 14 heavy (non-hydrogen) atoms. The zero-order chi connectivity index (χ0) is 10.3. The normalized spacial score (nSPS) is 20.6. The zero-order valence-electron chi connectivity index (χ0n) is 8.68. The monoisotopic (exact) mass is 193 g/mol. The fourth-order valence-electron chi connectivity index (χ4n) is 1.71. The Hall–Kier alpha value is -0.890. The highest BCUT2D eigenvalue weighted by atomic mass is 19.1. The minimum atomic E-state index is -0.151. The highest BCUT2D eigenvalue weighted by Gasteiger charge is 2.43. The van der Waals surface area contributed by atoms with Gasteiger partial charge in [0.25, 0.3) is 0 Å². The number of rotatable bonds is 2. The number of hydrogen-bond donors (Lipinski definition) is 1. The van der Waals surface area contributed by atoms with Crippen LogP contribution in [0.2, 0.25) is 0 Å². The second kappa shape index (κ2) is 3.06. The van der Waals surface area contributed by atoms with Crippen molar-refractivity contribution in [2.45, 2.75) is 32.7 Å². The smallest absolute Gasteiger partial charge is 0.126 e. The highest BCUT2D eigenvalue weighted by Crippen LogP contribution is 2.53. The van der Waals surface area contributed by atoms with Gasteiger partial charge in [0.2, 0.25) is 0 Å². The highest BCUT2D eigenvalue weighted by molar-refractivity contribution is 5.28. The summed E-state index contributed by atoms with van der Waals surface area (Å²) >= 11 is 0. The van der Waals surface area contributed by atoms with Gasteiger partial charge >= 0.3 is 0 Å². The Morgan fingerprint density at radius 3 is 2.57 bits per heavy atom. The third kappa shape index (κ3) is 1.55. The average Bonchev–Trinajstić information content (AvgIpc) is 2.89. The second-order valence-corrected chi connectivity index (χ2v) is 4.64. The standard InChI is InChI=1S/C12H16FN/c1-8-3-4-9(7-10(8)13)11(14)12(2)5-6-12/h3-4,7,11H,5-6,14H2,1-2H3/t11-/m0/s1. The van der Waals surface area contributed by atoms with E-state index >= 15 is 0 Å². The van der Waals surface area contributed by atoms with E-state index in [0.29, 0.717) is 5.56 Å². The van der Waals surface area contributed by atoms with E-state index in [4.69, 9.17) is 5.73 Å². The van der Waals surface area contributed by atoms with Gasteiger partial charge in [-0.1, -0.05) is 19.1 Å². The Labute approximate surface area is 84.1 Å². The molecule has 0 bridgehead atoms. The lowest BCUT2D eigenvalue weighted by atomic mass is 9.92. The summed E-state index contributed by atoms with van der Waals surface area (Å²) in [6.45, 7) is 3.93. The topological polar surface area (TPSA) is 26.0 Å². The van der Waals surface area contributed by atoms with E-state index in [-0.39, 0.29) is 17.3 Å². The van der Waals surface area contributed by atoms with Gasteiger partial charge < -0.3 is 5.73 Å². The molecule has 0 heterocycles. The van der Waals surface area contributed by atoms with Crippen LogP contribution in [0.5, 0.6) is 0 Å². The van der Waals surface area contributed by atoms with Crippen molar-refractivity contribution in [1.82, 2.24) is 0 Å². The Morgan fingerprint density at radius 2 is 2.07 bits per heavy atom. The molecule has 1 atom stereocenters. The van der Waals surface area contributed by atoms with Crippen LogP contribution >= 0.6 is 0 Å². The molecule has 76 valence electrons. The molecular formula is C12H16FN. The molecule has 0 amide bonds. The lowest BCUT2D eigenvalue weighted by molar-refractivity contribution is 0.448. The largest absolute Gasteiger partial charge is 0.323 e. The molecule has 2 rings (SSSR count). The Bertz CT molecular complexity index is 355. The van der Waals surface area contributed by atoms with Crippen LogP contribution in [0.4, 0.5) is 4.39 Å². The number of nitrogens with two attached hydrogens (primary N) is 1. The van der Waals surface area contributed by atoms with Crippen LogP contribution in [0.1, 0.15) is 36.9 Å². The zero-order valence-corrected chi connectivity index (χ0v) is 8.68. The third-order valence-corrected chi connectivity index (χ3v) is 3.34. The molecule has 1 nitrogen and oxygen atoms in total. The molecule has 0 spiro atoms. The van der Waals surface area contributed by atoms with Crippen molar-refractivity contribution in [3.05, 3.63) is 35.1 Å². The van der Waals surface area contributed by atoms with Crippen molar-refractivity contribution >= 4 is 0 Å². The Morgan fingerprint density at radius 1 is 1.43 bits per heavy atom. The third-order valence-electron chi connectivity index (χ3n) is 3.34. The van der Waals surface area contributed by atoms with E-state index in [2.05, 4.69) is 6.92 Å². The van der Waals surface area contributed by atoms with Crippen LogP contribution < -0.4 is 5.73 Å². The lowest BCUT2D eigenvalue weighted by Gasteiger charge is -2.19. The summed E-state index contributed by atoms with van der Waals surface area (Å²) in [4.78, 5) is 0. The molecular weight excluding hydrogens is 177 g/mol. The van der Waals surface area contributed by atoms with Gasteiger partial charge in [0, 0.05) is 6.04 Å². The van der Waals surface area contributed by atoms with E-state index in [1.807, 2.05) is 6.07 Å². The quantitative estimate of drug-likeness (QED) is 0.767. The predicted octanol–water partition coefficient (Wildman–Crippen LogP) is 2.93. The van der Waals surface area contributed by atoms with Crippen molar-refractivity contribution in [3.8, 4) is 0 Å². The molecule has 1 aliphatic rings. The fourth-order valence-corrected chi connectivity index (χ4v) is 1.71. The molecule has 0 aliphatic heterocycles. The molecule has 2 heteroatoms. The SMILES string of the molecule is Cc1ccc([C@H](N)C2(C)CC2)cc1F. The van der Waals surface area contributed by atoms with E-state index in [0.717, 1.165) is 18.4 Å². The minimum absolute atomic E-state index is 0.0161. The number of aryl methyl sites for hydroxylation is 1. The average molecular weight is 193 g/mol. The van der Waals surface area contributed by atoms with E-state index in [1.165, 1.54) is 0 Å². The van der Waals surface area contributed by atoms with Gasteiger partial charge in [-0.3, -0.25) is 0 Å². The van der Waals surface area contributed by atoms with Crippen molar-refractivity contribution in [3.63, 3.8) is 0 Å². The molecule has 0 radical (unpaired) electrons. The maximum absolute atomic E-state index is 13.3. The first-order valence-corrected chi connectivity index (χ1v) is 5.04. The summed E-state index contributed by atoms with van der Waals surface area (Å²) in [5, 5.41) is 0. The molecule has 0 saturated heterocycles. The molecule has 1 fully saturated rings. The molecule has 1 aromatic rings. The van der Waals surface area contributed by atoms with Crippen molar-refractivity contribution in [2.24, 2.45) is 11.1 Å². The Kier molecular flexibility index (Phi) is 2.11. The van der Waals surface area contributed by atoms with Crippen molar-refractivity contribution < 1.29 is 4.39 Å².